The zero-order valence-electron chi connectivity index (χ0n) is 16.5. The summed E-state index contributed by atoms with van der Waals surface area (Å²) < 4.78 is 11.4. The van der Waals surface area contributed by atoms with Crippen molar-refractivity contribution in [2.45, 2.75) is 19.6 Å². The number of ether oxygens (including phenoxy) is 2. The average molecular weight is 487 g/mol. The van der Waals surface area contributed by atoms with Gasteiger partial charge in [-0.15, -0.1) is 12.4 Å². The lowest BCUT2D eigenvalue weighted by molar-refractivity contribution is 0.284. The van der Waals surface area contributed by atoms with E-state index >= 15 is 0 Å². The van der Waals surface area contributed by atoms with Gasteiger partial charge in [0.05, 0.1) is 12.1 Å². The van der Waals surface area contributed by atoms with Crippen LogP contribution in [0.1, 0.15) is 16.7 Å². The molecule has 3 nitrogen and oxygen atoms in total. The molecule has 0 aliphatic rings. The van der Waals surface area contributed by atoms with Gasteiger partial charge in [0.15, 0.2) is 11.5 Å². The SMILES string of the molecule is COc1cc(CNCCc2ccc(Cl)cc2Cl)cc(Cl)c1OCc1ccccc1.Cl. The molecule has 30 heavy (non-hydrogen) atoms. The Hall–Kier alpha value is -1.62. The number of rotatable bonds is 9. The highest BCUT2D eigenvalue weighted by molar-refractivity contribution is 6.35. The molecule has 3 rings (SSSR count). The normalized spacial score (nSPS) is 10.4. The highest BCUT2D eigenvalue weighted by atomic mass is 35.5. The summed E-state index contributed by atoms with van der Waals surface area (Å²) in [6.07, 6.45) is 0.805. The fourth-order valence-corrected chi connectivity index (χ4v) is 3.72. The summed E-state index contributed by atoms with van der Waals surface area (Å²) in [6, 6.07) is 19.3. The van der Waals surface area contributed by atoms with E-state index < -0.39 is 0 Å². The van der Waals surface area contributed by atoms with Crippen molar-refractivity contribution in [3.63, 3.8) is 0 Å². The highest BCUT2D eigenvalue weighted by Gasteiger charge is 2.12. The maximum Gasteiger partial charge on any atom is 0.180 e. The van der Waals surface area contributed by atoms with Gasteiger partial charge >= 0.3 is 0 Å². The topological polar surface area (TPSA) is 30.5 Å². The van der Waals surface area contributed by atoms with E-state index in [1.54, 1.807) is 13.2 Å². The maximum absolute atomic E-state index is 6.46. The Bertz CT molecular complexity index is 951. The molecule has 0 fully saturated rings. The summed E-state index contributed by atoms with van der Waals surface area (Å²) in [5, 5.41) is 5.25. The van der Waals surface area contributed by atoms with E-state index in [4.69, 9.17) is 44.3 Å². The fraction of sp³-hybridized carbons (Fsp3) is 0.217. The van der Waals surface area contributed by atoms with Crippen molar-refractivity contribution in [2.75, 3.05) is 13.7 Å². The Morgan fingerprint density at radius 3 is 2.33 bits per heavy atom. The van der Waals surface area contributed by atoms with Gasteiger partial charge in [0.2, 0.25) is 0 Å². The van der Waals surface area contributed by atoms with Crippen LogP contribution in [0.5, 0.6) is 11.5 Å². The van der Waals surface area contributed by atoms with Gasteiger partial charge in [-0.2, -0.15) is 0 Å². The van der Waals surface area contributed by atoms with Crippen LogP contribution in [0.3, 0.4) is 0 Å². The second-order valence-electron chi connectivity index (χ2n) is 6.55. The van der Waals surface area contributed by atoms with Crippen molar-refractivity contribution in [1.29, 1.82) is 0 Å². The minimum Gasteiger partial charge on any atom is -0.493 e. The number of benzene rings is 3. The van der Waals surface area contributed by atoms with Gasteiger partial charge in [-0.25, -0.2) is 0 Å². The molecule has 0 aliphatic heterocycles. The van der Waals surface area contributed by atoms with Crippen molar-refractivity contribution in [1.82, 2.24) is 5.32 Å². The molecule has 0 heterocycles. The summed E-state index contributed by atoms with van der Waals surface area (Å²) in [4.78, 5) is 0. The molecule has 0 saturated carbocycles. The summed E-state index contributed by atoms with van der Waals surface area (Å²) in [6.45, 7) is 1.85. The van der Waals surface area contributed by atoms with Gasteiger partial charge in [-0.3, -0.25) is 0 Å². The first-order valence-corrected chi connectivity index (χ1v) is 10.4. The third kappa shape index (κ3) is 6.97. The van der Waals surface area contributed by atoms with E-state index in [-0.39, 0.29) is 12.4 Å². The van der Waals surface area contributed by atoms with E-state index in [9.17, 15) is 0 Å². The number of methoxy groups -OCH3 is 1. The van der Waals surface area contributed by atoms with E-state index in [0.29, 0.717) is 39.7 Å². The molecule has 0 atom stereocenters. The number of halogens is 4. The van der Waals surface area contributed by atoms with Crippen LogP contribution in [0.25, 0.3) is 0 Å². The molecule has 160 valence electrons. The Kier molecular flexibility index (Phi) is 10.1. The van der Waals surface area contributed by atoms with Gasteiger partial charge in [0.25, 0.3) is 0 Å². The molecule has 0 amide bonds. The molecule has 1 N–H and O–H groups in total. The molecule has 0 aliphatic carbocycles. The Morgan fingerprint density at radius 2 is 1.63 bits per heavy atom. The van der Waals surface area contributed by atoms with E-state index in [1.165, 1.54) is 0 Å². The molecule has 0 radical (unpaired) electrons. The molecular formula is C23H23Cl4NO2. The van der Waals surface area contributed by atoms with E-state index in [1.807, 2.05) is 54.6 Å². The van der Waals surface area contributed by atoms with Crippen LogP contribution in [-0.2, 0) is 19.6 Å². The Labute approximate surface area is 198 Å². The molecule has 0 bridgehead atoms. The van der Waals surface area contributed by atoms with Crippen molar-refractivity contribution < 1.29 is 9.47 Å². The maximum atomic E-state index is 6.46. The number of hydrogen-bond acceptors (Lipinski definition) is 3. The second kappa shape index (κ2) is 12.3. The molecule has 0 aromatic heterocycles. The molecule has 3 aromatic carbocycles. The predicted molar refractivity (Wildman–Crippen MR) is 128 cm³/mol. The van der Waals surface area contributed by atoms with Crippen LogP contribution in [0.4, 0.5) is 0 Å². The third-order valence-corrected chi connectivity index (χ3v) is 5.30. The number of hydrogen-bond donors (Lipinski definition) is 1. The van der Waals surface area contributed by atoms with Gasteiger partial charge < -0.3 is 14.8 Å². The van der Waals surface area contributed by atoms with E-state index in [0.717, 1.165) is 29.7 Å². The van der Waals surface area contributed by atoms with Crippen LogP contribution in [0, 0.1) is 0 Å². The highest BCUT2D eigenvalue weighted by Crippen LogP contribution is 2.37. The summed E-state index contributed by atoms with van der Waals surface area (Å²) in [5.41, 5.74) is 3.14. The van der Waals surface area contributed by atoms with Crippen LogP contribution in [-0.4, -0.2) is 13.7 Å². The standard InChI is InChI=1S/C23H22Cl3NO2.ClH/c1-28-22-12-17(14-27-10-9-18-7-8-19(24)13-20(18)25)11-21(26)23(22)29-15-16-5-3-2-4-6-16;/h2-8,11-13,27H,9-10,14-15H2,1H3;1H. The lowest BCUT2D eigenvalue weighted by Gasteiger charge is -2.15. The molecule has 7 heteroatoms. The molecular weight excluding hydrogens is 464 g/mol. The first-order valence-electron chi connectivity index (χ1n) is 9.24. The van der Waals surface area contributed by atoms with Crippen molar-refractivity contribution in [2.24, 2.45) is 0 Å². The van der Waals surface area contributed by atoms with E-state index in [2.05, 4.69) is 5.32 Å². The monoisotopic (exact) mass is 485 g/mol. The molecule has 0 spiro atoms. The van der Waals surface area contributed by atoms with Crippen molar-refractivity contribution >= 4 is 47.2 Å². The summed E-state index contributed by atoms with van der Waals surface area (Å²) >= 11 is 18.6. The zero-order valence-corrected chi connectivity index (χ0v) is 19.5. The number of nitrogens with one attached hydrogen (secondary N) is 1. The smallest absolute Gasteiger partial charge is 0.180 e. The molecule has 0 unspecified atom stereocenters. The van der Waals surface area contributed by atoms with Gasteiger partial charge in [0, 0.05) is 16.6 Å². The fourth-order valence-electron chi connectivity index (χ4n) is 2.93. The average Bonchev–Trinajstić information content (AvgIpc) is 2.72. The molecule has 3 aromatic rings. The van der Waals surface area contributed by atoms with Crippen LogP contribution >= 0.6 is 47.2 Å². The Morgan fingerprint density at radius 1 is 0.867 bits per heavy atom. The Balaban J connectivity index is 0.00000320. The molecule has 0 saturated heterocycles. The first-order chi connectivity index (χ1) is 14.1. The van der Waals surface area contributed by atoms with Gasteiger partial charge in [0.1, 0.15) is 6.61 Å². The summed E-state index contributed by atoms with van der Waals surface area (Å²) in [7, 11) is 1.61. The largest absolute Gasteiger partial charge is 0.493 e. The predicted octanol–water partition coefficient (Wildman–Crippen LogP) is 6.99. The van der Waals surface area contributed by atoms with Gasteiger partial charge in [-0.1, -0.05) is 71.2 Å². The lowest BCUT2D eigenvalue weighted by atomic mass is 10.1. The van der Waals surface area contributed by atoms with Crippen molar-refractivity contribution in [3.05, 3.63) is 92.4 Å². The van der Waals surface area contributed by atoms with Crippen LogP contribution in [0.2, 0.25) is 15.1 Å². The zero-order chi connectivity index (χ0) is 20.6. The third-order valence-electron chi connectivity index (χ3n) is 4.43. The lowest BCUT2D eigenvalue weighted by Crippen LogP contribution is -2.17. The van der Waals surface area contributed by atoms with Crippen LogP contribution < -0.4 is 14.8 Å². The van der Waals surface area contributed by atoms with Gasteiger partial charge in [-0.05, 0) is 53.9 Å². The first kappa shape index (κ1) is 24.6. The second-order valence-corrected chi connectivity index (χ2v) is 7.80. The minimum atomic E-state index is 0. The van der Waals surface area contributed by atoms with Crippen LogP contribution in [0.15, 0.2) is 60.7 Å². The van der Waals surface area contributed by atoms with Crippen molar-refractivity contribution in [3.8, 4) is 11.5 Å². The summed E-state index contributed by atoms with van der Waals surface area (Å²) in [5.74, 6) is 1.17. The minimum absolute atomic E-state index is 0. The quantitative estimate of drug-likeness (QED) is 0.330.